The van der Waals surface area contributed by atoms with E-state index in [4.69, 9.17) is 16.3 Å². The predicted octanol–water partition coefficient (Wildman–Crippen LogP) is 3.99. The molecule has 0 aliphatic carbocycles. The van der Waals surface area contributed by atoms with E-state index >= 15 is 0 Å². The molecule has 0 bridgehead atoms. The quantitative estimate of drug-likeness (QED) is 0.555. The number of carbonyl (C=O) groups is 1. The van der Waals surface area contributed by atoms with Gasteiger partial charge in [-0.05, 0) is 37.7 Å². The Kier molecular flexibility index (Phi) is 5.86. The van der Waals surface area contributed by atoms with E-state index in [1.54, 1.807) is 23.8 Å². The Hall–Kier alpha value is -1.31. The molecule has 1 aromatic carbocycles. The van der Waals surface area contributed by atoms with Gasteiger partial charge in [0.05, 0.1) is 19.3 Å². The molecular weight excluding hydrogens is 378 g/mol. The molecule has 2 aliphatic rings. The first-order valence-electron chi connectivity index (χ1n) is 8.12. The van der Waals surface area contributed by atoms with E-state index in [1.165, 1.54) is 11.8 Å². The molecule has 25 heavy (non-hydrogen) atoms. The van der Waals surface area contributed by atoms with Crippen LogP contribution >= 0.6 is 35.1 Å². The number of anilines is 1. The van der Waals surface area contributed by atoms with Gasteiger partial charge in [-0.25, -0.2) is 0 Å². The van der Waals surface area contributed by atoms with Gasteiger partial charge in [0.2, 0.25) is 0 Å². The Bertz CT molecular complexity index is 751. The van der Waals surface area contributed by atoms with E-state index in [0.717, 1.165) is 38.0 Å². The number of fused-ring (bicyclic) bond motifs is 1. The van der Waals surface area contributed by atoms with Crippen molar-refractivity contribution >= 4 is 51.9 Å². The number of hydrogen-bond acceptors (Lipinski definition) is 6. The topological polar surface area (TPSA) is 45.1 Å². The molecular formula is C17H20ClN3O2S2. The number of nitrogens with zero attached hydrogens (tertiary/aromatic N) is 3. The number of hydrogen-bond donors (Lipinski definition) is 0. The maximum atomic E-state index is 12.9. The molecule has 1 amide bonds. The summed E-state index contributed by atoms with van der Waals surface area (Å²) in [6.45, 7) is 5.93. The van der Waals surface area contributed by atoms with Gasteiger partial charge in [0.25, 0.3) is 5.91 Å². The highest BCUT2D eigenvalue weighted by atomic mass is 35.5. The van der Waals surface area contributed by atoms with Crippen molar-refractivity contribution in [1.29, 1.82) is 0 Å². The lowest BCUT2D eigenvalue weighted by molar-refractivity contribution is -0.122. The summed E-state index contributed by atoms with van der Waals surface area (Å²) in [5.41, 5.74) is 1.08. The highest BCUT2D eigenvalue weighted by Gasteiger charge is 2.38. The van der Waals surface area contributed by atoms with Crippen LogP contribution in [-0.4, -0.2) is 48.6 Å². The van der Waals surface area contributed by atoms with Crippen molar-refractivity contribution in [3.8, 4) is 5.75 Å². The third kappa shape index (κ3) is 3.37. The Morgan fingerprint density at radius 2 is 1.96 bits per heavy atom. The van der Waals surface area contributed by atoms with Gasteiger partial charge in [-0.2, -0.15) is 0 Å². The number of methoxy groups -OCH3 is 1. The van der Waals surface area contributed by atoms with Crippen molar-refractivity contribution in [2.75, 3.05) is 37.5 Å². The first kappa shape index (κ1) is 18.5. The number of benzene rings is 1. The lowest BCUT2D eigenvalue weighted by Crippen LogP contribution is -2.29. The van der Waals surface area contributed by atoms with Gasteiger partial charge in [0.1, 0.15) is 15.7 Å². The van der Waals surface area contributed by atoms with Crippen LogP contribution in [0.25, 0.3) is 0 Å². The second-order valence-corrected chi connectivity index (χ2v) is 7.71. The molecule has 0 spiro atoms. The standard InChI is InChI=1S/C17H20ClN3O2S2/c1-4-20-12-10-11(23-3)6-7-13(12)24-16(20)14-15(22)21(5-2)17(25-14)19-9-8-18/h6-7,10H,4-5,8-9H2,1-3H3/b16-14-,19-17?. The van der Waals surface area contributed by atoms with Gasteiger partial charge in [-0.3, -0.25) is 14.7 Å². The molecule has 0 radical (unpaired) electrons. The van der Waals surface area contributed by atoms with E-state index in [0.29, 0.717) is 19.0 Å². The van der Waals surface area contributed by atoms with Crippen LogP contribution in [0.3, 0.4) is 0 Å². The molecule has 0 aromatic heterocycles. The summed E-state index contributed by atoms with van der Waals surface area (Å²) in [4.78, 5) is 23.1. The number of amidine groups is 1. The lowest BCUT2D eigenvalue weighted by Gasteiger charge is -2.19. The summed E-state index contributed by atoms with van der Waals surface area (Å²) in [6, 6.07) is 6.01. The van der Waals surface area contributed by atoms with Crippen LogP contribution in [0.5, 0.6) is 5.75 Å². The maximum absolute atomic E-state index is 12.9. The van der Waals surface area contributed by atoms with Gasteiger partial charge in [-0.15, -0.1) is 11.6 Å². The Labute approximate surface area is 161 Å². The molecule has 2 heterocycles. The first-order valence-corrected chi connectivity index (χ1v) is 10.3. The molecule has 8 heteroatoms. The van der Waals surface area contributed by atoms with Gasteiger partial charge < -0.3 is 9.64 Å². The predicted molar refractivity (Wildman–Crippen MR) is 107 cm³/mol. The molecule has 0 saturated carbocycles. The molecule has 1 aromatic rings. The average molecular weight is 398 g/mol. The van der Waals surface area contributed by atoms with E-state index < -0.39 is 0 Å². The monoisotopic (exact) mass is 397 g/mol. The largest absolute Gasteiger partial charge is 0.497 e. The molecule has 1 saturated heterocycles. The van der Waals surface area contributed by atoms with Crippen molar-refractivity contribution in [2.45, 2.75) is 18.7 Å². The van der Waals surface area contributed by atoms with E-state index in [9.17, 15) is 4.79 Å². The Morgan fingerprint density at radius 1 is 1.20 bits per heavy atom. The van der Waals surface area contributed by atoms with E-state index in [-0.39, 0.29) is 5.91 Å². The first-order chi connectivity index (χ1) is 12.1. The highest BCUT2D eigenvalue weighted by Crippen LogP contribution is 2.51. The third-order valence-electron chi connectivity index (χ3n) is 3.93. The fourth-order valence-corrected chi connectivity index (χ4v) is 5.27. The number of alkyl halides is 1. The molecule has 0 N–H and O–H groups in total. The average Bonchev–Trinajstić information content (AvgIpc) is 3.15. The van der Waals surface area contributed by atoms with Gasteiger partial charge in [0, 0.05) is 29.9 Å². The minimum absolute atomic E-state index is 0.0153. The maximum Gasteiger partial charge on any atom is 0.269 e. The van der Waals surface area contributed by atoms with Crippen LogP contribution in [0.1, 0.15) is 13.8 Å². The summed E-state index contributed by atoms with van der Waals surface area (Å²) in [6.07, 6.45) is 0. The van der Waals surface area contributed by atoms with Crippen LogP contribution in [0, 0.1) is 0 Å². The zero-order chi connectivity index (χ0) is 18.0. The second-order valence-electron chi connectivity index (χ2n) is 5.32. The summed E-state index contributed by atoms with van der Waals surface area (Å²) < 4.78 is 5.35. The van der Waals surface area contributed by atoms with Crippen LogP contribution in [0.4, 0.5) is 5.69 Å². The third-order valence-corrected chi connectivity index (χ3v) is 6.52. The summed E-state index contributed by atoms with van der Waals surface area (Å²) in [7, 11) is 1.66. The number of rotatable bonds is 5. The number of likely N-dealkylation sites (N-methyl/N-ethyl adjacent to an activating group) is 1. The molecule has 2 aliphatic heterocycles. The molecule has 5 nitrogen and oxygen atoms in total. The van der Waals surface area contributed by atoms with Crippen LogP contribution in [0.2, 0.25) is 0 Å². The molecule has 134 valence electrons. The zero-order valence-corrected chi connectivity index (χ0v) is 16.8. The number of carbonyl (C=O) groups excluding carboxylic acids is 1. The molecule has 0 atom stereocenters. The number of amides is 1. The fraction of sp³-hybridized carbons (Fsp3) is 0.412. The van der Waals surface area contributed by atoms with Crippen molar-refractivity contribution in [1.82, 2.24) is 4.90 Å². The summed E-state index contributed by atoms with van der Waals surface area (Å²) >= 11 is 8.82. The molecule has 1 fully saturated rings. The minimum Gasteiger partial charge on any atom is -0.497 e. The van der Waals surface area contributed by atoms with Crippen molar-refractivity contribution in [3.63, 3.8) is 0 Å². The van der Waals surface area contributed by atoms with Crippen LogP contribution in [0.15, 0.2) is 38.0 Å². The molecule has 0 unspecified atom stereocenters. The van der Waals surface area contributed by atoms with Gasteiger partial charge in [0.15, 0.2) is 5.17 Å². The minimum atomic E-state index is 0.0153. The number of halogens is 1. The highest BCUT2D eigenvalue weighted by molar-refractivity contribution is 8.19. The van der Waals surface area contributed by atoms with Crippen molar-refractivity contribution in [3.05, 3.63) is 28.1 Å². The number of thioether (sulfide) groups is 2. The lowest BCUT2D eigenvalue weighted by atomic mass is 10.2. The second kappa shape index (κ2) is 7.93. The summed E-state index contributed by atoms with van der Waals surface area (Å²) in [5, 5.41) is 1.70. The smallest absolute Gasteiger partial charge is 0.269 e. The Balaban J connectivity index is 2.01. The van der Waals surface area contributed by atoms with Crippen LogP contribution in [-0.2, 0) is 4.79 Å². The van der Waals surface area contributed by atoms with E-state index in [2.05, 4.69) is 16.8 Å². The van der Waals surface area contributed by atoms with Crippen molar-refractivity contribution in [2.24, 2.45) is 4.99 Å². The van der Waals surface area contributed by atoms with Gasteiger partial charge >= 0.3 is 0 Å². The SMILES string of the molecule is CCN1C(=O)/C(=C2/Sc3ccc(OC)cc3N2CC)SC1=NCCCl. The number of aliphatic imine (C=N–C) groups is 1. The fourth-order valence-electron chi connectivity index (χ4n) is 2.74. The van der Waals surface area contributed by atoms with Crippen LogP contribution < -0.4 is 9.64 Å². The van der Waals surface area contributed by atoms with Crippen molar-refractivity contribution < 1.29 is 9.53 Å². The Morgan fingerprint density at radius 3 is 2.60 bits per heavy atom. The molecule has 3 rings (SSSR count). The van der Waals surface area contributed by atoms with E-state index in [1.807, 2.05) is 25.1 Å². The normalized spacial score (nSPS) is 21.4. The van der Waals surface area contributed by atoms with Gasteiger partial charge in [-0.1, -0.05) is 11.8 Å². The zero-order valence-electron chi connectivity index (χ0n) is 14.4. The number of ether oxygens (including phenoxy) is 1. The summed E-state index contributed by atoms with van der Waals surface area (Å²) in [5.74, 6) is 1.28.